The van der Waals surface area contributed by atoms with Gasteiger partial charge in [0, 0.05) is 18.9 Å². The molecule has 0 saturated carbocycles. The predicted octanol–water partition coefficient (Wildman–Crippen LogP) is 0.428. The standard InChI is InChI=1S/C13H17N3O4/c1-2-3-16(11-7-20-6-10(11)13(18)19)12(17)9-4-14-8-15-5-9/h4-5,8,10-11H,2-3,6-7H2,1H3,(H,18,19). The summed E-state index contributed by atoms with van der Waals surface area (Å²) >= 11 is 0. The first-order chi connectivity index (χ1) is 9.65. The number of hydrogen-bond donors (Lipinski definition) is 1. The molecular weight excluding hydrogens is 262 g/mol. The van der Waals surface area contributed by atoms with E-state index in [9.17, 15) is 14.7 Å². The van der Waals surface area contributed by atoms with Gasteiger partial charge in [-0.1, -0.05) is 6.92 Å². The van der Waals surface area contributed by atoms with E-state index in [4.69, 9.17) is 4.74 Å². The minimum Gasteiger partial charge on any atom is -0.481 e. The lowest BCUT2D eigenvalue weighted by Gasteiger charge is -2.30. The molecular formula is C13H17N3O4. The van der Waals surface area contributed by atoms with Gasteiger partial charge >= 0.3 is 5.97 Å². The van der Waals surface area contributed by atoms with Gasteiger partial charge in [0.2, 0.25) is 0 Å². The lowest BCUT2D eigenvalue weighted by Crippen LogP contribution is -2.47. The Morgan fingerprint density at radius 2 is 2.10 bits per heavy atom. The molecule has 0 aromatic carbocycles. The summed E-state index contributed by atoms with van der Waals surface area (Å²) in [5.41, 5.74) is 0.358. The summed E-state index contributed by atoms with van der Waals surface area (Å²) in [5, 5.41) is 9.21. The Balaban J connectivity index is 2.22. The van der Waals surface area contributed by atoms with Gasteiger partial charge in [-0.15, -0.1) is 0 Å². The molecule has 2 heterocycles. The third-order valence-electron chi connectivity index (χ3n) is 3.30. The molecule has 1 fully saturated rings. The van der Waals surface area contributed by atoms with Crippen molar-refractivity contribution in [2.45, 2.75) is 19.4 Å². The van der Waals surface area contributed by atoms with E-state index in [1.54, 1.807) is 4.90 Å². The van der Waals surface area contributed by atoms with Crippen LogP contribution in [0.25, 0.3) is 0 Å². The fraction of sp³-hybridized carbons (Fsp3) is 0.538. The number of rotatable bonds is 5. The van der Waals surface area contributed by atoms with E-state index in [0.717, 1.165) is 6.42 Å². The number of amides is 1. The van der Waals surface area contributed by atoms with Crippen LogP contribution >= 0.6 is 0 Å². The van der Waals surface area contributed by atoms with Crippen LogP contribution in [0.15, 0.2) is 18.7 Å². The SMILES string of the molecule is CCCN(C(=O)c1cncnc1)C1COCC1C(=O)O. The van der Waals surface area contributed by atoms with Crippen LogP contribution in [0.1, 0.15) is 23.7 Å². The van der Waals surface area contributed by atoms with Gasteiger partial charge < -0.3 is 14.7 Å². The maximum Gasteiger partial charge on any atom is 0.311 e. The minimum absolute atomic E-state index is 0.138. The van der Waals surface area contributed by atoms with Crippen molar-refractivity contribution in [1.29, 1.82) is 0 Å². The highest BCUT2D eigenvalue weighted by Gasteiger charge is 2.40. The molecule has 20 heavy (non-hydrogen) atoms. The molecule has 1 N–H and O–H groups in total. The molecule has 1 amide bonds. The summed E-state index contributed by atoms with van der Waals surface area (Å²) < 4.78 is 5.24. The van der Waals surface area contributed by atoms with E-state index in [0.29, 0.717) is 12.1 Å². The number of aromatic nitrogens is 2. The molecule has 2 atom stereocenters. The molecule has 7 nitrogen and oxygen atoms in total. The summed E-state index contributed by atoms with van der Waals surface area (Å²) in [6.45, 7) is 2.80. The fourth-order valence-corrected chi connectivity index (χ4v) is 2.32. The molecule has 108 valence electrons. The van der Waals surface area contributed by atoms with Gasteiger partial charge in [-0.3, -0.25) is 9.59 Å². The molecule has 1 aromatic rings. The Morgan fingerprint density at radius 3 is 2.70 bits per heavy atom. The predicted molar refractivity (Wildman–Crippen MR) is 69.1 cm³/mol. The van der Waals surface area contributed by atoms with Crippen LogP contribution in [0.2, 0.25) is 0 Å². The van der Waals surface area contributed by atoms with E-state index in [-0.39, 0.29) is 19.1 Å². The topological polar surface area (TPSA) is 92.6 Å². The monoisotopic (exact) mass is 279 g/mol. The quantitative estimate of drug-likeness (QED) is 0.840. The summed E-state index contributed by atoms with van der Waals surface area (Å²) in [6, 6.07) is -0.444. The molecule has 1 aliphatic rings. The average Bonchev–Trinajstić information content (AvgIpc) is 2.94. The van der Waals surface area contributed by atoms with Crippen molar-refractivity contribution in [3.8, 4) is 0 Å². The number of aliphatic carboxylic acids is 1. The van der Waals surface area contributed by atoms with E-state index in [2.05, 4.69) is 9.97 Å². The summed E-state index contributed by atoms with van der Waals surface area (Å²) in [6.07, 6.45) is 4.95. The van der Waals surface area contributed by atoms with E-state index < -0.39 is 17.9 Å². The first-order valence-corrected chi connectivity index (χ1v) is 6.51. The first kappa shape index (κ1) is 14.4. The highest BCUT2D eigenvalue weighted by molar-refractivity contribution is 5.94. The lowest BCUT2D eigenvalue weighted by molar-refractivity contribution is -0.142. The highest BCUT2D eigenvalue weighted by Crippen LogP contribution is 2.22. The van der Waals surface area contributed by atoms with Crippen molar-refractivity contribution in [3.63, 3.8) is 0 Å². The van der Waals surface area contributed by atoms with Crippen molar-refractivity contribution in [2.24, 2.45) is 5.92 Å². The van der Waals surface area contributed by atoms with Crippen molar-refractivity contribution >= 4 is 11.9 Å². The minimum atomic E-state index is -0.939. The smallest absolute Gasteiger partial charge is 0.311 e. The summed E-state index contributed by atoms with van der Waals surface area (Å²) in [4.78, 5) is 32.9. The zero-order valence-corrected chi connectivity index (χ0v) is 11.2. The lowest BCUT2D eigenvalue weighted by atomic mass is 10.0. The molecule has 1 saturated heterocycles. The molecule has 7 heteroatoms. The van der Waals surface area contributed by atoms with Crippen molar-refractivity contribution in [2.75, 3.05) is 19.8 Å². The average molecular weight is 279 g/mol. The van der Waals surface area contributed by atoms with Gasteiger partial charge in [0.1, 0.15) is 12.2 Å². The normalized spacial score (nSPS) is 21.6. The second-order valence-electron chi connectivity index (χ2n) is 4.68. The number of carboxylic acids is 1. The Hall–Kier alpha value is -2.02. The summed E-state index contributed by atoms with van der Waals surface area (Å²) in [7, 11) is 0. The van der Waals surface area contributed by atoms with Crippen molar-refractivity contribution in [1.82, 2.24) is 14.9 Å². The van der Waals surface area contributed by atoms with E-state index >= 15 is 0 Å². The molecule has 1 aromatic heterocycles. The molecule has 2 rings (SSSR count). The second-order valence-corrected chi connectivity index (χ2v) is 4.68. The fourth-order valence-electron chi connectivity index (χ4n) is 2.32. The third-order valence-corrected chi connectivity index (χ3v) is 3.30. The number of carbonyl (C=O) groups is 2. The highest BCUT2D eigenvalue weighted by atomic mass is 16.5. The zero-order chi connectivity index (χ0) is 14.5. The Kier molecular flexibility index (Phi) is 4.62. The molecule has 0 bridgehead atoms. The molecule has 0 aliphatic carbocycles. The van der Waals surface area contributed by atoms with Gasteiger partial charge in [0.05, 0.1) is 24.8 Å². The third kappa shape index (κ3) is 2.93. The molecule has 0 radical (unpaired) electrons. The maximum absolute atomic E-state index is 12.5. The van der Waals surface area contributed by atoms with Crippen LogP contribution in [0.4, 0.5) is 0 Å². The maximum atomic E-state index is 12.5. The van der Waals surface area contributed by atoms with Gasteiger partial charge in [0.25, 0.3) is 5.91 Å². The molecule has 0 spiro atoms. The van der Waals surface area contributed by atoms with E-state index in [1.807, 2.05) is 6.92 Å². The van der Waals surface area contributed by atoms with Crippen molar-refractivity contribution in [3.05, 3.63) is 24.3 Å². The van der Waals surface area contributed by atoms with Crippen LogP contribution in [-0.4, -0.2) is 57.7 Å². The Bertz CT molecular complexity index is 480. The Labute approximate surface area is 116 Å². The van der Waals surface area contributed by atoms with E-state index in [1.165, 1.54) is 18.7 Å². The Morgan fingerprint density at radius 1 is 1.40 bits per heavy atom. The number of hydrogen-bond acceptors (Lipinski definition) is 5. The van der Waals surface area contributed by atoms with Crippen LogP contribution in [0, 0.1) is 5.92 Å². The van der Waals surface area contributed by atoms with Crippen LogP contribution in [0.3, 0.4) is 0 Å². The summed E-state index contributed by atoms with van der Waals surface area (Å²) in [5.74, 6) is -1.88. The molecule has 2 unspecified atom stereocenters. The first-order valence-electron chi connectivity index (χ1n) is 6.51. The second kappa shape index (κ2) is 6.42. The number of carbonyl (C=O) groups excluding carboxylic acids is 1. The zero-order valence-electron chi connectivity index (χ0n) is 11.2. The van der Waals surface area contributed by atoms with Gasteiger partial charge in [-0.05, 0) is 6.42 Å². The van der Waals surface area contributed by atoms with Gasteiger partial charge in [-0.25, -0.2) is 9.97 Å². The number of nitrogens with zero attached hydrogens (tertiary/aromatic N) is 3. The molecule has 1 aliphatic heterocycles. The van der Waals surface area contributed by atoms with Crippen LogP contribution in [0.5, 0.6) is 0 Å². The van der Waals surface area contributed by atoms with Crippen LogP contribution < -0.4 is 0 Å². The van der Waals surface area contributed by atoms with Gasteiger partial charge in [-0.2, -0.15) is 0 Å². The van der Waals surface area contributed by atoms with Crippen molar-refractivity contribution < 1.29 is 19.4 Å². The van der Waals surface area contributed by atoms with Gasteiger partial charge in [0.15, 0.2) is 0 Å². The largest absolute Gasteiger partial charge is 0.481 e. The number of ether oxygens (including phenoxy) is 1. The van der Waals surface area contributed by atoms with Crippen LogP contribution in [-0.2, 0) is 9.53 Å². The number of carboxylic acid groups (broad SMARTS) is 1.